The highest BCUT2D eigenvalue weighted by atomic mass is 19.4. The van der Waals surface area contributed by atoms with Crippen LogP contribution in [0.4, 0.5) is 29.3 Å². The van der Waals surface area contributed by atoms with Crippen LogP contribution in [0, 0.1) is 5.41 Å². The summed E-state index contributed by atoms with van der Waals surface area (Å²) in [5.41, 5.74) is 0.733. The van der Waals surface area contributed by atoms with Crippen LogP contribution in [0.5, 0.6) is 11.5 Å². The number of anilines is 2. The standard InChI is InChI=1S/C44H52F3N9O6/c1-61-36-8-7-29(26-35(36)55-20-11-39(57)50-42(55)60)41(59)54-23-14-43(15-24-54)12-21-53(22-13-43)17-4-16-52-18-9-31(10-19-52)56-28-30-25-34(37(62-2)27-33(30)51-56)49-40(58)32-5-3-6-38(48-32)44(45,46)47/h3,5-8,25-28,31H,4,9-24H2,1-2H3,(H,49,58)(H,50,57,60). The maximum Gasteiger partial charge on any atom is 0.433 e. The summed E-state index contributed by atoms with van der Waals surface area (Å²) in [6.07, 6.45) is 4.63. The van der Waals surface area contributed by atoms with Gasteiger partial charge in [-0.05, 0) is 113 Å². The van der Waals surface area contributed by atoms with Crippen molar-refractivity contribution >= 4 is 46.0 Å². The van der Waals surface area contributed by atoms with Crippen molar-refractivity contribution in [3.8, 4) is 11.5 Å². The molecule has 4 aliphatic heterocycles. The second-order valence-electron chi connectivity index (χ2n) is 16.8. The number of aromatic nitrogens is 3. The summed E-state index contributed by atoms with van der Waals surface area (Å²) >= 11 is 0. The van der Waals surface area contributed by atoms with Crippen LogP contribution in [-0.4, -0.2) is 126 Å². The maximum absolute atomic E-state index is 13.7. The Labute approximate surface area is 357 Å². The fourth-order valence-electron chi connectivity index (χ4n) is 9.30. The molecule has 1 spiro atoms. The zero-order valence-electron chi connectivity index (χ0n) is 35.0. The quantitative estimate of drug-likeness (QED) is 0.178. The third-order valence-electron chi connectivity index (χ3n) is 13.0. The average Bonchev–Trinajstić information content (AvgIpc) is 3.69. The Morgan fingerprint density at radius 2 is 1.56 bits per heavy atom. The van der Waals surface area contributed by atoms with Gasteiger partial charge in [-0.1, -0.05) is 6.07 Å². The SMILES string of the molecule is COc1cc2nn(C3CCN(CCCN4CCC5(CC4)CCN(C(=O)c4ccc(OC)c(N6CCC(=O)NC6=O)c4)CC5)CC3)cc2cc1NC(=O)c1cccc(C(F)(F)F)n1. The lowest BCUT2D eigenvalue weighted by molar-refractivity contribution is -0.141. The summed E-state index contributed by atoms with van der Waals surface area (Å²) in [5, 5.41) is 10.6. The molecule has 0 unspecified atom stereocenters. The highest BCUT2D eigenvalue weighted by molar-refractivity contribution is 6.07. The van der Waals surface area contributed by atoms with E-state index in [0.29, 0.717) is 47.0 Å². The molecule has 8 rings (SSSR count). The fraction of sp³-hybridized carbons (Fsp3) is 0.500. The number of hydrogen-bond acceptors (Lipinski definition) is 10. The van der Waals surface area contributed by atoms with E-state index >= 15 is 0 Å². The van der Waals surface area contributed by atoms with E-state index in [2.05, 4.69) is 25.4 Å². The molecular weight excluding hydrogens is 808 g/mol. The summed E-state index contributed by atoms with van der Waals surface area (Å²) in [5.74, 6) is -0.354. The molecule has 15 nitrogen and oxygen atoms in total. The van der Waals surface area contributed by atoms with Gasteiger partial charge in [0, 0.05) is 62.4 Å². The molecule has 4 aromatic rings. The monoisotopic (exact) mass is 859 g/mol. The number of hydrogen-bond donors (Lipinski definition) is 2. The number of urea groups is 1. The van der Waals surface area contributed by atoms with E-state index in [-0.39, 0.29) is 41.9 Å². The number of nitrogens with one attached hydrogen (secondary N) is 2. The Morgan fingerprint density at radius 3 is 2.24 bits per heavy atom. The van der Waals surface area contributed by atoms with Crippen molar-refractivity contribution in [2.45, 2.75) is 63.6 Å². The number of ether oxygens (including phenoxy) is 2. The smallest absolute Gasteiger partial charge is 0.433 e. The largest absolute Gasteiger partial charge is 0.495 e. The van der Waals surface area contributed by atoms with Crippen molar-refractivity contribution in [3.63, 3.8) is 0 Å². The number of carbonyl (C=O) groups excluding carboxylic acids is 4. The third kappa shape index (κ3) is 9.35. The summed E-state index contributed by atoms with van der Waals surface area (Å²) in [6.45, 7) is 7.73. The molecule has 62 heavy (non-hydrogen) atoms. The molecule has 330 valence electrons. The number of pyridine rings is 1. The molecule has 0 bridgehead atoms. The summed E-state index contributed by atoms with van der Waals surface area (Å²) in [6, 6.07) is 11.5. The summed E-state index contributed by atoms with van der Waals surface area (Å²) in [4.78, 5) is 62.8. The zero-order valence-corrected chi connectivity index (χ0v) is 35.0. The molecule has 0 aliphatic carbocycles. The normalized spacial score (nSPS) is 19.2. The molecule has 4 aliphatic rings. The minimum absolute atomic E-state index is 0.0614. The van der Waals surface area contributed by atoms with Crippen molar-refractivity contribution in [1.82, 2.24) is 34.8 Å². The van der Waals surface area contributed by atoms with Gasteiger partial charge in [-0.2, -0.15) is 18.3 Å². The van der Waals surface area contributed by atoms with Crippen LogP contribution in [0.15, 0.2) is 54.7 Å². The summed E-state index contributed by atoms with van der Waals surface area (Å²) in [7, 11) is 2.97. The number of likely N-dealkylation sites (tertiary alicyclic amines) is 3. The predicted octanol–water partition coefficient (Wildman–Crippen LogP) is 6.21. The number of halogens is 3. The number of nitrogens with zero attached hydrogens (tertiary/aromatic N) is 7. The zero-order chi connectivity index (χ0) is 43.6. The van der Waals surface area contributed by atoms with Crippen molar-refractivity contribution < 1.29 is 41.8 Å². The molecule has 0 atom stereocenters. The van der Waals surface area contributed by atoms with E-state index < -0.39 is 23.8 Å². The van der Waals surface area contributed by atoms with Gasteiger partial charge in [0.25, 0.3) is 11.8 Å². The molecular formula is C44H52F3N9O6. The lowest BCUT2D eigenvalue weighted by Gasteiger charge is -2.47. The number of amides is 5. The number of benzene rings is 2. The van der Waals surface area contributed by atoms with Gasteiger partial charge < -0.3 is 29.5 Å². The van der Waals surface area contributed by atoms with Gasteiger partial charge in [0.15, 0.2) is 0 Å². The number of alkyl halides is 3. The van der Waals surface area contributed by atoms with Crippen LogP contribution in [-0.2, 0) is 11.0 Å². The van der Waals surface area contributed by atoms with E-state index in [9.17, 15) is 32.3 Å². The Bertz CT molecular complexity index is 2310. The molecule has 6 heterocycles. The predicted molar refractivity (Wildman–Crippen MR) is 225 cm³/mol. The average molecular weight is 860 g/mol. The van der Waals surface area contributed by atoms with Crippen LogP contribution in [0.2, 0.25) is 0 Å². The Hall–Kier alpha value is -5.75. The fourth-order valence-corrected chi connectivity index (χ4v) is 9.30. The highest BCUT2D eigenvalue weighted by Gasteiger charge is 2.39. The number of rotatable bonds is 11. The van der Waals surface area contributed by atoms with Gasteiger partial charge >= 0.3 is 12.2 Å². The lowest BCUT2D eigenvalue weighted by Crippen LogP contribution is -2.50. The molecule has 4 fully saturated rings. The minimum atomic E-state index is -4.67. The molecule has 5 amide bonds. The van der Waals surface area contributed by atoms with Gasteiger partial charge in [-0.15, -0.1) is 0 Å². The molecule has 2 aromatic carbocycles. The molecule has 4 saturated heterocycles. The molecule has 0 radical (unpaired) electrons. The van der Waals surface area contributed by atoms with Crippen molar-refractivity contribution in [2.24, 2.45) is 5.41 Å². The lowest BCUT2D eigenvalue weighted by atomic mass is 9.71. The maximum atomic E-state index is 13.7. The molecule has 18 heteroatoms. The van der Waals surface area contributed by atoms with Crippen LogP contribution in [0.1, 0.15) is 83.9 Å². The number of fused-ring (bicyclic) bond motifs is 1. The van der Waals surface area contributed by atoms with Crippen molar-refractivity contribution in [3.05, 3.63) is 71.7 Å². The van der Waals surface area contributed by atoms with Crippen LogP contribution in [0.3, 0.4) is 0 Å². The van der Waals surface area contributed by atoms with Gasteiger partial charge in [-0.25, -0.2) is 9.78 Å². The number of carbonyl (C=O) groups is 4. The van der Waals surface area contributed by atoms with E-state index in [1.807, 2.05) is 15.8 Å². The van der Waals surface area contributed by atoms with Gasteiger partial charge in [-0.3, -0.25) is 29.3 Å². The van der Waals surface area contributed by atoms with Crippen molar-refractivity contribution in [1.29, 1.82) is 0 Å². The second kappa shape index (κ2) is 17.9. The van der Waals surface area contributed by atoms with Gasteiger partial charge in [0.05, 0.1) is 37.2 Å². The van der Waals surface area contributed by atoms with E-state index in [1.165, 1.54) is 25.2 Å². The van der Waals surface area contributed by atoms with Crippen molar-refractivity contribution in [2.75, 3.05) is 83.3 Å². The number of piperidine rings is 3. The molecule has 0 saturated carbocycles. The number of methoxy groups -OCH3 is 2. The van der Waals surface area contributed by atoms with E-state index in [1.54, 1.807) is 30.3 Å². The van der Waals surface area contributed by atoms with Gasteiger partial charge in [0.2, 0.25) is 5.91 Å². The number of imide groups is 1. The first-order valence-electron chi connectivity index (χ1n) is 21.3. The highest BCUT2D eigenvalue weighted by Crippen LogP contribution is 2.42. The Balaban J connectivity index is 0.769. The topological polar surface area (TPSA) is 154 Å². The Kier molecular flexibility index (Phi) is 12.4. The first-order valence-corrected chi connectivity index (χ1v) is 21.3. The molecule has 2 aromatic heterocycles. The first kappa shape index (κ1) is 42.9. The summed E-state index contributed by atoms with van der Waals surface area (Å²) < 4.78 is 52.5. The van der Waals surface area contributed by atoms with Crippen LogP contribution >= 0.6 is 0 Å². The minimum Gasteiger partial charge on any atom is -0.495 e. The van der Waals surface area contributed by atoms with Crippen LogP contribution < -0.4 is 25.0 Å². The molecule has 2 N–H and O–H groups in total. The first-order chi connectivity index (χ1) is 29.8. The van der Waals surface area contributed by atoms with E-state index in [0.717, 1.165) is 102 Å². The third-order valence-corrected chi connectivity index (χ3v) is 13.0. The van der Waals surface area contributed by atoms with Gasteiger partial charge in [0.1, 0.15) is 22.9 Å². The Morgan fingerprint density at radius 1 is 0.871 bits per heavy atom. The van der Waals surface area contributed by atoms with E-state index in [4.69, 9.17) is 14.6 Å². The van der Waals surface area contributed by atoms with Crippen LogP contribution in [0.25, 0.3) is 10.9 Å². The second-order valence-corrected chi connectivity index (χ2v) is 16.8.